The molecule has 0 radical (unpaired) electrons. The molecule has 10 heteroatoms. The molecular formula is C22H29N3O7. The lowest BCUT2D eigenvalue weighted by molar-refractivity contribution is -0.151. The molecule has 0 saturated carbocycles. The van der Waals surface area contributed by atoms with E-state index in [1.165, 1.54) is 25.5 Å². The summed E-state index contributed by atoms with van der Waals surface area (Å²) in [5.74, 6) is 1.15. The van der Waals surface area contributed by atoms with Gasteiger partial charge in [-0.1, -0.05) is 0 Å². The molecule has 174 valence electrons. The van der Waals surface area contributed by atoms with E-state index in [0.29, 0.717) is 55.7 Å². The van der Waals surface area contributed by atoms with Crippen LogP contribution in [-0.4, -0.2) is 89.3 Å². The lowest BCUT2D eigenvalue weighted by Crippen LogP contribution is -2.45. The number of aromatic nitrogens is 1. The first-order chi connectivity index (χ1) is 15.5. The maximum Gasteiger partial charge on any atom is 0.312 e. The van der Waals surface area contributed by atoms with Crippen molar-refractivity contribution in [2.45, 2.75) is 50.4 Å². The summed E-state index contributed by atoms with van der Waals surface area (Å²) in [5.41, 5.74) is -0.103. The fourth-order valence-electron chi connectivity index (χ4n) is 6.45. The first kappa shape index (κ1) is 21.4. The van der Waals surface area contributed by atoms with Crippen LogP contribution < -0.4 is 0 Å². The summed E-state index contributed by atoms with van der Waals surface area (Å²) in [5, 5.41) is 6.89. The minimum atomic E-state index is -0.428. The molecule has 1 amide bonds. The molecule has 0 aromatic carbocycles. The van der Waals surface area contributed by atoms with Crippen molar-refractivity contribution in [3.05, 3.63) is 18.4 Å². The summed E-state index contributed by atoms with van der Waals surface area (Å²) in [4.78, 5) is 41.8. The number of nitrogens with zero attached hydrogens (tertiary/aromatic N) is 3. The summed E-state index contributed by atoms with van der Waals surface area (Å²) in [7, 11) is 0. The lowest BCUT2D eigenvalue weighted by Gasteiger charge is -2.36. The molecule has 5 aliphatic rings. The van der Waals surface area contributed by atoms with E-state index in [-0.39, 0.29) is 24.5 Å². The summed E-state index contributed by atoms with van der Waals surface area (Å²) in [6.45, 7) is 3.85. The van der Waals surface area contributed by atoms with Gasteiger partial charge < -0.3 is 23.9 Å². The van der Waals surface area contributed by atoms with Crippen molar-refractivity contribution in [2.75, 3.05) is 32.7 Å². The van der Waals surface area contributed by atoms with Gasteiger partial charge in [0.05, 0.1) is 17.6 Å². The van der Waals surface area contributed by atoms with E-state index < -0.39 is 5.41 Å². The highest BCUT2D eigenvalue weighted by molar-refractivity contribution is 5.92. The number of piperidine rings is 1. The van der Waals surface area contributed by atoms with Crippen LogP contribution in [0.3, 0.4) is 0 Å². The zero-order valence-corrected chi connectivity index (χ0v) is 17.9. The van der Waals surface area contributed by atoms with Crippen LogP contribution in [0.2, 0.25) is 0 Å². The van der Waals surface area contributed by atoms with E-state index in [0.717, 1.165) is 26.1 Å². The molecule has 32 heavy (non-hydrogen) atoms. The van der Waals surface area contributed by atoms with E-state index >= 15 is 0 Å². The Labute approximate surface area is 185 Å². The number of fused-ring (bicyclic) bond motifs is 5. The monoisotopic (exact) mass is 447 g/mol. The molecule has 0 aliphatic carbocycles. The van der Waals surface area contributed by atoms with Crippen LogP contribution in [-0.2, 0) is 19.1 Å². The summed E-state index contributed by atoms with van der Waals surface area (Å²) >= 11 is 0. The van der Waals surface area contributed by atoms with Crippen LogP contribution in [0.5, 0.6) is 0 Å². The maximum absolute atomic E-state index is 12.8. The Hall–Kier alpha value is -2.46. The molecule has 1 unspecified atom stereocenters. The van der Waals surface area contributed by atoms with Gasteiger partial charge in [0, 0.05) is 51.0 Å². The predicted molar refractivity (Wildman–Crippen MR) is 109 cm³/mol. The molecule has 1 spiro atoms. The van der Waals surface area contributed by atoms with Gasteiger partial charge in [0.2, 0.25) is 0 Å². The third-order valence-corrected chi connectivity index (χ3v) is 7.97. The van der Waals surface area contributed by atoms with Crippen molar-refractivity contribution >= 4 is 18.3 Å². The Morgan fingerprint density at radius 3 is 2.47 bits per heavy atom. The molecular weight excluding hydrogens is 418 g/mol. The molecule has 6 rings (SSSR count). The van der Waals surface area contributed by atoms with Crippen LogP contribution >= 0.6 is 0 Å². The van der Waals surface area contributed by atoms with Crippen LogP contribution in [0, 0.1) is 17.3 Å². The van der Waals surface area contributed by atoms with Gasteiger partial charge >= 0.3 is 5.97 Å². The third-order valence-electron chi connectivity index (χ3n) is 7.97. The number of cyclic esters (lactones) is 1. The average molecular weight is 447 g/mol. The van der Waals surface area contributed by atoms with Crippen molar-refractivity contribution in [1.29, 1.82) is 0 Å². The second kappa shape index (κ2) is 8.47. The first-order valence-electron chi connectivity index (χ1n) is 11.4. The van der Waals surface area contributed by atoms with Crippen LogP contribution in [0.15, 0.2) is 17.1 Å². The van der Waals surface area contributed by atoms with E-state index in [1.807, 2.05) is 0 Å². The molecule has 5 saturated heterocycles. The molecule has 2 bridgehead atoms. The SMILES string of the molecule is O=C(c1cocn1)N1CCC2(CC1)CC(CN1C[C@@H]3[C@H](C1)[C@H]1CC[C@@H]3O1)OC2=O.O=CO. The van der Waals surface area contributed by atoms with E-state index in [4.69, 9.17) is 23.8 Å². The highest BCUT2D eigenvalue weighted by Crippen LogP contribution is 2.48. The largest absolute Gasteiger partial charge is 0.483 e. The molecule has 5 atom stereocenters. The smallest absolute Gasteiger partial charge is 0.312 e. The van der Waals surface area contributed by atoms with E-state index in [2.05, 4.69) is 9.88 Å². The van der Waals surface area contributed by atoms with E-state index in [9.17, 15) is 9.59 Å². The molecule has 5 aliphatic heterocycles. The van der Waals surface area contributed by atoms with Crippen LogP contribution in [0.4, 0.5) is 0 Å². The Morgan fingerprint density at radius 1 is 1.22 bits per heavy atom. The predicted octanol–water partition coefficient (Wildman–Crippen LogP) is 1.02. The number of carbonyl (C=O) groups excluding carboxylic acids is 2. The van der Waals surface area contributed by atoms with Crippen molar-refractivity contribution in [2.24, 2.45) is 17.3 Å². The molecule has 5 fully saturated rings. The number of oxazole rings is 1. The van der Waals surface area contributed by atoms with Crippen LogP contribution in [0.1, 0.15) is 42.6 Å². The van der Waals surface area contributed by atoms with Gasteiger partial charge in [-0.05, 0) is 25.7 Å². The number of ether oxygens (including phenoxy) is 2. The summed E-state index contributed by atoms with van der Waals surface area (Å²) in [6.07, 6.45) is 8.04. The highest BCUT2D eigenvalue weighted by atomic mass is 16.6. The zero-order valence-electron chi connectivity index (χ0n) is 17.9. The lowest BCUT2D eigenvalue weighted by atomic mass is 9.76. The average Bonchev–Trinajstić information content (AvgIpc) is 3.59. The number of carbonyl (C=O) groups is 3. The number of amides is 1. The Balaban J connectivity index is 0.000000684. The van der Waals surface area contributed by atoms with Crippen molar-refractivity contribution in [3.8, 4) is 0 Å². The number of hydrogen-bond donors (Lipinski definition) is 1. The fourth-order valence-corrected chi connectivity index (χ4v) is 6.45. The molecule has 10 nitrogen and oxygen atoms in total. The minimum absolute atomic E-state index is 0.0299. The number of likely N-dealkylation sites (tertiary alicyclic amines) is 2. The fraction of sp³-hybridized carbons (Fsp3) is 0.727. The molecule has 1 N–H and O–H groups in total. The second-order valence-corrected chi connectivity index (χ2v) is 9.62. The number of esters is 1. The maximum atomic E-state index is 12.8. The first-order valence-corrected chi connectivity index (χ1v) is 11.4. The van der Waals surface area contributed by atoms with Gasteiger partial charge in [-0.15, -0.1) is 0 Å². The van der Waals surface area contributed by atoms with Crippen molar-refractivity contribution in [1.82, 2.24) is 14.8 Å². The van der Waals surface area contributed by atoms with Gasteiger partial charge in [0.25, 0.3) is 12.4 Å². The second-order valence-electron chi connectivity index (χ2n) is 9.62. The number of carboxylic acid groups (broad SMARTS) is 1. The number of hydrogen-bond acceptors (Lipinski definition) is 8. The van der Waals surface area contributed by atoms with Gasteiger partial charge in [-0.25, -0.2) is 4.98 Å². The topological polar surface area (TPSA) is 122 Å². The van der Waals surface area contributed by atoms with Gasteiger partial charge in [0.1, 0.15) is 12.4 Å². The van der Waals surface area contributed by atoms with Gasteiger partial charge in [0.15, 0.2) is 12.1 Å². The Morgan fingerprint density at radius 2 is 1.88 bits per heavy atom. The van der Waals surface area contributed by atoms with E-state index in [1.54, 1.807) is 4.90 Å². The van der Waals surface area contributed by atoms with Crippen molar-refractivity contribution < 1.29 is 33.4 Å². The Kier molecular flexibility index (Phi) is 5.66. The minimum Gasteiger partial charge on any atom is -0.483 e. The van der Waals surface area contributed by atoms with Crippen LogP contribution in [0.25, 0.3) is 0 Å². The standard InChI is InChI=1S/C21H27N3O5.CH2O2/c25-19(16-11-27-12-22-16)24-5-3-21(4-6-24)7-13(28-20(21)26)8-23-9-14-15(10-23)18-2-1-17(14)29-18;2-1-3/h11-15,17-18H,1-10H2;1H,(H,2,3)/t13?,14-,15+,17+,18-;. The number of rotatable bonds is 3. The molecule has 1 aromatic heterocycles. The zero-order chi connectivity index (χ0) is 22.3. The summed E-state index contributed by atoms with van der Waals surface area (Å²) < 4.78 is 16.8. The third kappa shape index (κ3) is 3.69. The normalized spacial score (nSPS) is 34.8. The summed E-state index contributed by atoms with van der Waals surface area (Å²) in [6, 6.07) is 0. The van der Waals surface area contributed by atoms with Crippen molar-refractivity contribution in [3.63, 3.8) is 0 Å². The van der Waals surface area contributed by atoms with Gasteiger partial charge in [-0.3, -0.25) is 19.3 Å². The van der Waals surface area contributed by atoms with Gasteiger partial charge in [-0.2, -0.15) is 0 Å². The Bertz CT molecular complexity index is 834. The quantitative estimate of drug-likeness (QED) is 0.534. The molecule has 6 heterocycles. The highest BCUT2D eigenvalue weighted by Gasteiger charge is 2.55. The molecule has 1 aromatic rings.